The van der Waals surface area contributed by atoms with Gasteiger partial charge < -0.3 is 19.8 Å². The predicted octanol–water partition coefficient (Wildman–Crippen LogP) is 0.927. The van der Waals surface area contributed by atoms with E-state index in [2.05, 4.69) is 4.90 Å². The Morgan fingerprint density at radius 2 is 1.90 bits per heavy atom. The maximum atomic E-state index is 12.7. The van der Waals surface area contributed by atoms with Gasteiger partial charge in [-0.1, -0.05) is 6.42 Å². The lowest BCUT2D eigenvalue weighted by molar-refractivity contribution is -0.142. The SMILES string of the molecule is CN(C)C1CCN(C(=O)N2CC3CCCC3C2C(=O)O)C1. The van der Waals surface area contributed by atoms with Gasteiger partial charge in [-0.15, -0.1) is 0 Å². The molecule has 1 N–H and O–H groups in total. The summed E-state index contributed by atoms with van der Waals surface area (Å²) in [4.78, 5) is 30.0. The molecule has 1 saturated carbocycles. The standard InChI is InChI=1S/C15H25N3O3/c1-16(2)11-6-7-17(9-11)15(21)18-8-10-4-3-5-12(10)13(18)14(19)20/h10-13H,3-9H2,1-2H3,(H,19,20). The van der Waals surface area contributed by atoms with E-state index in [4.69, 9.17) is 0 Å². The van der Waals surface area contributed by atoms with E-state index in [1.165, 1.54) is 0 Å². The molecule has 6 heteroatoms. The number of rotatable bonds is 2. The maximum Gasteiger partial charge on any atom is 0.326 e. The lowest BCUT2D eigenvalue weighted by Gasteiger charge is -2.29. The van der Waals surface area contributed by atoms with Crippen molar-refractivity contribution in [2.75, 3.05) is 33.7 Å². The average Bonchev–Trinajstić information content (AvgIpc) is 3.11. The molecule has 0 aromatic carbocycles. The molecule has 118 valence electrons. The van der Waals surface area contributed by atoms with Crippen LogP contribution in [0.25, 0.3) is 0 Å². The van der Waals surface area contributed by atoms with Crippen LogP contribution in [0.1, 0.15) is 25.7 Å². The lowest BCUT2D eigenvalue weighted by Crippen LogP contribution is -2.49. The first kappa shape index (κ1) is 14.6. The van der Waals surface area contributed by atoms with Crippen molar-refractivity contribution in [3.8, 4) is 0 Å². The second-order valence-corrected chi connectivity index (χ2v) is 6.92. The van der Waals surface area contributed by atoms with E-state index < -0.39 is 12.0 Å². The molecule has 21 heavy (non-hydrogen) atoms. The molecule has 6 nitrogen and oxygen atoms in total. The van der Waals surface area contributed by atoms with Crippen LogP contribution in [0.2, 0.25) is 0 Å². The van der Waals surface area contributed by atoms with E-state index in [1.54, 1.807) is 4.90 Å². The monoisotopic (exact) mass is 295 g/mol. The third-order valence-electron chi connectivity index (χ3n) is 5.55. The van der Waals surface area contributed by atoms with Crippen molar-refractivity contribution in [2.24, 2.45) is 11.8 Å². The molecule has 2 saturated heterocycles. The molecule has 0 aromatic heterocycles. The zero-order valence-corrected chi connectivity index (χ0v) is 12.9. The minimum Gasteiger partial charge on any atom is -0.480 e. The molecule has 1 aliphatic carbocycles. The Hall–Kier alpha value is -1.30. The van der Waals surface area contributed by atoms with Gasteiger partial charge in [0.25, 0.3) is 0 Å². The molecule has 2 heterocycles. The van der Waals surface area contributed by atoms with Crippen LogP contribution in [-0.4, -0.2) is 77.6 Å². The van der Waals surface area contributed by atoms with Gasteiger partial charge in [0.15, 0.2) is 0 Å². The molecule has 4 unspecified atom stereocenters. The van der Waals surface area contributed by atoms with Crippen LogP contribution in [0.4, 0.5) is 4.79 Å². The number of hydrogen-bond donors (Lipinski definition) is 1. The quantitative estimate of drug-likeness (QED) is 0.823. The fourth-order valence-electron chi connectivity index (χ4n) is 4.34. The summed E-state index contributed by atoms with van der Waals surface area (Å²) in [7, 11) is 4.05. The van der Waals surface area contributed by atoms with Crippen LogP contribution < -0.4 is 0 Å². The summed E-state index contributed by atoms with van der Waals surface area (Å²) in [6, 6.07) is -0.288. The molecule has 3 rings (SSSR count). The fourth-order valence-corrected chi connectivity index (χ4v) is 4.34. The van der Waals surface area contributed by atoms with E-state index in [-0.39, 0.29) is 11.9 Å². The van der Waals surface area contributed by atoms with E-state index >= 15 is 0 Å². The Bertz CT molecular complexity index is 440. The van der Waals surface area contributed by atoms with Gasteiger partial charge in [-0.3, -0.25) is 0 Å². The maximum absolute atomic E-state index is 12.7. The van der Waals surface area contributed by atoms with Gasteiger partial charge >= 0.3 is 12.0 Å². The highest BCUT2D eigenvalue weighted by atomic mass is 16.4. The summed E-state index contributed by atoms with van der Waals surface area (Å²) in [5.74, 6) is -0.276. The first-order valence-corrected chi connectivity index (χ1v) is 7.94. The van der Waals surface area contributed by atoms with Crippen LogP contribution in [0.15, 0.2) is 0 Å². The first-order chi connectivity index (χ1) is 9.99. The Morgan fingerprint density at radius 3 is 2.52 bits per heavy atom. The van der Waals surface area contributed by atoms with Gasteiger partial charge in [-0.2, -0.15) is 0 Å². The molecule has 3 fully saturated rings. The van der Waals surface area contributed by atoms with Gasteiger partial charge in [0, 0.05) is 25.7 Å². The number of nitrogens with zero attached hydrogens (tertiary/aromatic N) is 3. The highest BCUT2D eigenvalue weighted by Gasteiger charge is 2.50. The Labute approximate surface area is 125 Å². The Kier molecular flexibility index (Phi) is 3.82. The van der Waals surface area contributed by atoms with Crippen molar-refractivity contribution < 1.29 is 14.7 Å². The van der Waals surface area contributed by atoms with Crippen molar-refractivity contribution in [1.29, 1.82) is 0 Å². The molecule has 4 atom stereocenters. The number of likely N-dealkylation sites (N-methyl/N-ethyl adjacent to an activating group) is 1. The summed E-state index contributed by atoms with van der Waals surface area (Å²) in [6.45, 7) is 2.08. The van der Waals surface area contributed by atoms with Gasteiger partial charge in [-0.25, -0.2) is 9.59 Å². The van der Waals surface area contributed by atoms with E-state index in [0.717, 1.165) is 32.2 Å². The first-order valence-electron chi connectivity index (χ1n) is 7.94. The van der Waals surface area contributed by atoms with Crippen molar-refractivity contribution >= 4 is 12.0 Å². The topological polar surface area (TPSA) is 64.1 Å². The minimum absolute atomic E-state index is 0.0684. The second kappa shape index (κ2) is 5.48. The zero-order valence-electron chi connectivity index (χ0n) is 12.9. The predicted molar refractivity (Wildman–Crippen MR) is 78.0 cm³/mol. The summed E-state index contributed by atoms with van der Waals surface area (Å²) in [6.07, 6.45) is 4.09. The van der Waals surface area contributed by atoms with Crippen molar-refractivity contribution in [2.45, 2.75) is 37.8 Å². The Balaban J connectivity index is 1.71. The van der Waals surface area contributed by atoms with Gasteiger partial charge in [0.05, 0.1) is 0 Å². The van der Waals surface area contributed by atoms with Crippen LogP contribution in [-0.2, 0) is 4.79 Å². The molecule has 0 spiro atoms. The fraction of sp³-hybridized carbons (Fsp3) is 0.867. The number of urea groups is 1. The van der Waals surface area contributed by atoms with Gasteiger partial charge in [0.2, 0.25) is 0 Å². The number of carbonyl (C=O) groups excluding carboxylic acids is 1. The molecule has 0 bridgehead atoms. The second-order valence-electron chi connectivity index (χ2n) is 6.92. The van der Waals surface area contributed by atoms with E-state index in [0.29, 0.717) is 25.0 Å². The molecule has 0 aromatic rings. The number of carboxylic acid groups (broad SMARTS) is 1. The largest absolute Gasteiger partial charge is 0.480 e. The lowest BCUT2D eigenvalue weighted by atomic mass is 9.94. The van der Waals surface area contributed by atoms with Crippen LogP contribution in [0.5, 0.6) is 0 Å². The number of likely N-dealkylation sites (tertiary alicyclic amines) is 2. The molecule has 3 aliphatic rings. The van der Waals surface area contributed by atoms with E-state index in [9.17, 15) is 14.7 Å². The number of amides is 2. The van der Waals surface area contributed by atoms with Crippen molar-refractivity contribution in [3.63, 3.8) is 0 Å². The third kappa shape index (κ3) is 2.50. The molecule has 2 aliphatic heterocycles. The molecule has 0 radical (unpaired) electrons. The summed E-state index contributed by atoms with van der Waals surface area (Å²) in [5, 5.41) is 9.54. The van der Waals surface area contributed by atoms with E-state index in [1.807, 2.05) is 19.0 Å². The highest BCUT2D eigenvalue weighted by molar-refractivity contribution is 5.84. The van der Waals surface area contributed by atoms with Gasteiger partial charge in [-0.05, 0) is 45.2 Å². The highest BCUT2D eigenvalue weighted by Crippen LogP contribution is 2.42. The van der Waals surface area contributed by atoms with Crippen molar-refractivity contribution in [1.82, 2.24) is 14.7 Å². The number of carboxylic acids is 1. The summed E-state index contributed by atoms with van der Waals surface area (Å²) >= 11 is 0. The molecule has 2 amide bonds. The zero-order chi connectivity index (χ0) is 15.1. The molecular formula is C15H25N3O3. The normalized spacial score (nSPS) is 35.6. The van der Waals surface area contributed by atoms with Gasteiger partial charge in [0.1, 0.15) is 6.04 Å². The minimum atomic E-state index is -0.832. The average molecular weight is 295 g/mol. The Morgan fingerprint density at radius 1 is 1.14 bits per heavy atom. The van der Waals surface area contributed by atoms with Crippen LogP contribution in [0.3, 0.4) is 0 Å². The van der Waals surface area contributed by atoms with Crippen LogP contribution >= 0.6 is 0 Å². The number of fused-ring (bicyclic) bond motifs is 1. The summed E-state index contributed by atoms with van der Waals surface area (Å²) < 4.78 is 0. The third-order valence-corrected chi connectivity index (χ3v) is 5.55. The summed E-state index contributed by atoms with van der Waals surface area (Å²) in [5.41, 5.74) is 0. The van der Waals surface area contributed by atoms with Crippen LogP contribution in [0, 0.1) is 11.8 Å². The number of carbonyl (C=O) groups is 2. The number of hydrogen-bond acceptors (Lipinski definition) is 3. The number of aliphatic carboxylic acids is 1. The van der Waals surface area contributed by atoms with Crippen molar-refractivity contribution in [3.05, 3.63) is 0 Å². The molecular weight excluding hydrogens is 270 g/mol. The smallest absolute Gasteiger partial charge is 0.326 e.